The second kappa shape index (κ2) is 8.65. The summed E-state index contributed by atoms with van der Waals surface area (Å²) in [6.45, 7) is -0.467. The number of ketones is 1. The molecule has 9 heteroatoms. The zero-order chi connectivity index (χ0) is 20.0. The molecule has 0 aliphatic rings. The first-order valence-corrected chi connectivity index (χ1v) is 9.26. The number of rotatable bonds is 8. The molecule has 2 rings (SSSR count). The Morgan fingerprint density at radius 1 is 0.926 bits per heavy atom. The van der Waals surface area contributed by atoms with E-state index in [1.165, 1.54) is 57.7 Å². The number of carbonyl (C=O) groups is 2. The van der Waals surface area contributed by atoms with Crippen LogP contribution in [0.25, 0.3) is 0 Å². The van der Waals surface area contributed by atoms with Crippen LogP contribution >= 0.6 is 0 Å². The van der Waals surface area contributed by atoms with E-state index in [1.807, 2.05) is 0 Å². The number of ether oxygens (including phenoxy) is 3. The topological polar surface area (TPSA) is 108 Å². The SMILES string of the molecule is CNS(=O)(=O)c1ccc(C(=O)OCC(=O)c2ccc(OC)c(OC)c2)cc1. The van der Waals surface area contributed by atoms with E-state index in [9.17, 15) is 18.0 Å². The molecule has 0 fully saturated rings. The summed E-state index contributed by atoms with van der Waals surface area (Å²) < 4.78 is 40.7. The van der Waals surface area contributed by atoms with Crippen molar-refractivity contribution < 1.29 is 32.2 Å². The van der Waals surface area contributed by atoms with E-state index in [2.05, 4.69) is 4.72 Å². The molecule has 0 spiro atoms. The van der Waals surface area contributed by atoms with Crippen LogP contribution in [0, 0.1) is 0 Å². The number of carbonyl (C=O) groups excluding carboxylic acids is 2. The third-order valence-electron chi connectivity index (χ3n) is 3.71. The quantitative estimate of drug-likeness (QED) is 0.537. The number of nitrogens with one attached hydrogen (secondary N) is 1. The molecule has 0 aliphatic heterocycles. The van der Waals surface area contributed by atoms with Crippen molar-refractivity contribution in [2.24, 2.45) is 0 Å². The van der Waals surface area contributed by atoms with Gasteiger partial charge in [-0.05, 0) is 49.5 Å². The van der Waals surface area contributed by atoms with E-state index < -0.39 is 28.4 Å². The molecule has 144 valence electrons. The van der Waals surface area contributed by atoms with Gasteiger partial charge in [0.25, 0.3) is 0 Å². The average molecular weight is 393 g/mol. The van der Waals surface area contributed by atoms with Gasteiger partial charge >= 0.3 is 5.97 Å². The van der Waals surface area contributed by atoms with Gasteiger partial charge in [-0.3, -0.25) is 4.79 Å². The summed E-state index contributed by atoms with van der Waals surface area (Å²) >= 11 is 0. The normalized spacial score (nSPS) is 10.9. The van der Waals surface area contributed by atoms with Crippen LogP contribution in [0.15, 0.2) is 47.4 Å². The molecule has 2 aromatic carbocycles. The molecule has 0 unspecified atom stereocenters. The monoisotopic (exact) mass is 393 g/mol. The summed E-state index contributed by atoms with van der Waals surface area (Å²) in [6.07, 6.45) is 0. The van der Waals surface area contributed by atoms with Crippen LogP contribution in [-0.4, -0.2) is 48.0 Å². The van der Waals surface area contributed by atoms with Crippen molar-refractivity contribution in [3.8, 4) is 11.5 Å². The second-order valence-electron chi connectivity index (χ2n) is 5.30. The van der Waals surface area contributed by atoms with E-state index in [0.717, 1.165) is 0 Å². The molecule has 0 saturated carbocycles. The summed E-state index contributed by atoms with van der Waals surface area (Å²) in [7, 11) is 0.625. The number of hydrogen-bond donors (Lipinski definition) is 1. The van der Waals surface area contributed by atoms with Crippen molar-refractivity contribution in [1.82, 2.24) is 4.72 Å². The van der Waals surface area contributed by atoms with Gasteiger partial charge in [0.15, 0.2) is 23.9 Å². The zero-order valence-electron chi connectivity index (χ0n) is 15.0. The van der Waals surface area contributed by atoms with Gasteiger partial charge in [-0.25, -0.2) is 17.9 Å². The summed E-state index contributed by atoms with van der Waals surface area (Å²) in [6, 6.07) is 9.79. The first-order chi connectivity index (χ1) is 12.8. The molecule has 1 N–H and O–H groups in total. The van der Waals surface area contributed by atoms with Crippen LogP contribution in [0.5, 0.6) is 11.5 Å². The van der Waals surface area contributed by atoms with Gasteiger partial charge in [-0.15, -0.1) is 0 Å². The highest BCUT2D eigenvalue weighted by Gasteiger charge is 2.16. The van der Waals surface area contributed by atoms with Gasteiger partial charge in [0.05, 0.1) is 24.7 Å². The van der Waals surface area contributed by atoms with Crippen molar-refractivity contribution in [3.63, 3.8) is 0 Å². The highest BCUT2D eigenvalue weighted by molar-refractivity contribution is 7.89. The number of hydrogen-bond acceptors (Lipinski definition) is 7. The highest BCUT2D eigenvalue weighted by Crippen LogP contribution is 2.27. The molecular formula is C18H19NO7S. The third-order valence-corrected chi connectivity index (χ3v) is 5.14. The van der Waals surface area contributed by atoms with Gasteiger partial charge in [0.2, 0.25) is 10.0 Å². The molecule has 0 radical (unpaired) electrons. The second-order valence-corrected chi connectivity index (χ2v) is 7.19. The Morgan fingerprint density at radius 2 is 1.52 bits per heavy atom. The first kappa shape index (κ1) is 20.4. The zero-order valence-corrected chi connectivity index (χ0v) is 15.8. The lowest BCUT2D eigenvalue weighted by atomic mass is 10.1. The Balaban J connectivity index is 2.04. The predicted molar refractivity (Wildman–Crippen MR) is 96.8 cm³/mol. The molecule has 2 aromatic rings. The summed E-state index contributed by atoms with van der Waals surface area (Å²) in [5, 5.41) is 0. The number of methoxy groups -OCH3 is 2. The van der Waals surface area contributed by atoms with Crippen molar-refractivity contribution >= 4 is 21.8 Å². The standard InChI is InChI=1S/C18H19NO7S/c1-19-27(22,23)14-7-4-12(5-8-14)18(21)26-11-15(20)13-6-9-16(24-2)17(10-13)25-3/h4-10,19H,11H2,1-3H3. The molecule has 0 saturated heterocycles. The Morgan fingerprint density at radius 3 is 2.07 bits per heavy atom. The van der Waals surface area contributed by atoms with Gasteiger partial charge in [-0.1, -0.05) is 0 Å². The fourth-order valence-corrected chi connectivity index (χ4v) is 2.93. The van der Waals surface area contributed by atoms with E-state index in [1.54, 1.807) is 6.07 Å². The predicted octanol–water partition coefficient (Wildman–Crippen LogP) is 1.65. The Hall–Kier alpha value is -2.91. The Kier molecular flexibility index (Phi) is 6.54. The molecule has 0 aliphatic carbocycles. The Bertz CT molecular complexity index is 937. The molecule has 27 heavy (non-hydrogen) atoms. The van der Waals surface area contributed by atoms with Gasteiger partial charge in [0.1, 0.15) is 0 Å². The van der Waals surface area contributed by atoms with E-state index in [0.29, 0.717) is 17.1 Å². The van der Waals surface area contributed by atoms with Gasteiger partial charge in [0, 0.05) is 5.56 Å². The molecule has 0 heterocycles. The molecule has 0 aromatic heterocycles. The molecular weight excluding hydrogens is 374 g/mol. The van der Waals surface area contributed by atoms with E-state index >= 15 is 0 Å². The van der Waals surface area contributed by atoms with Crippen LogP contribution in [0.1, 0.15) is 20.7 Å². The lowest BCUT2D eigenvalue weighted by Crippen LogP contribution is -2.19. The first-order valence-electron chi connectivity index (χ1n) is 7.78. The maximum absolute atomic E-state index is 12.2. The fourth-order valence-electron chi connectivity index (χ4n) is 2.20. The number of Topliss-reactive ketones (excluding diaryl/α,β-unsaturated/α-hetero) is 1. The Labute approximate surface area is 157 Å². The summed E-state index contributed by atoms with van der Waals surface area (Å²) in [5.41, 5.74) is 0.432. The smallest absolute Gasteiger partial charge is 0.338 e. The summed E-state index contributed by atoms with van der Waals surface area (Å²) in [4.78, 5) is 24.3. The summed E-state index contributed by atoms with van der Waals surface area (Å²) in [5.74, 6) is -0.297. The van der Waals surface area contributed by atoms with Gasteiger partial charge < -0.3 is 14.2 Å². The van der Waals surface area contributed by atoms with E-state index in [-0.39, 0.29) is 10.5 Å². The van der Waals surface area contributed by atoms with Crippen LogP contribution in [0.3, 0.4) is 0 Å². The minimum absolute atomic E-state index is 0.0166. The maximum atomic E-state index is 12.2. The number of sulfonamides is 1. The number of esters is 1. The lowest BCUT2D eigenvalue weighted by Gasteiger charge is -2.09. The minimum Gasteiger partial charge on any atom is -0.493 e. The van der Waals surface area contributed by atoms with Crippen LogP contribution < -0.4 is 14.2 Å². The average Bonchev–Trinajstić information content (AvgIpc) is 2.71. The molecule has 8 nitrogen and oxygen atoms in total. The van der Waals surface area contributed by atoms with Crippen LogP contribution in [-0.2, 0) is 14.8 Å². The maximum Gasteiger partial charge on any atom is 0.338 e. The minimum atomic E-state index is -3.59. The largest absolute Gasteiger partial charge is 0.493 e. The van der Waals surface area contributed by atoms with Crippen LogP contribution in [0.2, 0.25) is 0 Å². The van der Waals surface area contributed by atoms with Crippen molar-refractivity contribution in [1.29, 1.82) is 0 Å². The molecule has 0 atom stereocenters. The number of benzene rings is 2. The highest BCUT2D eigenvalue weighted by atomic mass is 32.2. The van der Waals surface area contributed by atoms with Crippen molar-refractivity contribution in [3.05, 3.63) is 53.6 Å². The van der Waals surface area contributed by atoms with E-state index in [4.69, 9.17) is 14.2 Å². The van der Waals surface area contributed by atoms with Crippen molar-refractivity contribution in [2.45, 2.75) is 4.90 Å². The molecule has 0 bridgehead atoms. The van der Waals surface area contributed by atoms with Crippen molar-refractivity contribution in [2.75, 3.05) is 27.9 Å². The van der Waals surface area contributed by atoms with Gasteiger partial charge in [-0.2, -0.15) is 0 Å². The van der Waals surface area contributed by atoms with Crippen LogP contribution in [0.4, 0.5) is 0 Å². The third kappa shape index (κ3) is 4.83. The molecule has 0 amide bonds. The fraction of sp³-hybridized carbons (Fsp3) is 0.222. The lowest BCUT2D eigenvalue weighted by molar-refractivity contribution is 0.0474.